The van der Waals surface area contributed by atoms with Gasteiger partial charge in [-0.3, -0.25) is 0 Å². The summed E-state index contributed by atoms with van der Waals surface area (Å²) in [7, 11) is 2.07. The van der Waals surface area contributed by atoms with Crippen LogP contribution >= 0.6 is 0 Å². The molecular formula is C15H22N2. The van der Waals surface area contributed by atoms with E-state index < -0.39 is 0 Å². The van der Waals surface area contributed by atoms with Crippen LogP contribution in [0.2, 0.25) is 0 Å². The number of piperidine rings is 1. The van der Waals surface area contributed by atoms with Crippen molar-refractivity contribution in [2.24, 2.45) is 0 Å². The summed E-state index contributed by atoms with van der Waals surface area (Å²) in [6.45, 7) is 2.49. The topological polar surface area (TPSA) is 15.3 Å². The molecule has 2 aliphatic rings. The molecule has 1 fully saturated rings. The molecule has 0 radical (unpaired) electrons. The number of nitrogens with zero attached hydrogens (tertiary/aromatic N) is 1. The van der Waals surface area contributed by atoms with Gasteiger partial charge >= 0.3 is 0 Å². The summed E-state index contributed by atoms with van der Waals surface area (Å²) in [5, 5.41) is 3.41. The Labute approximate surface area is 104 Å². The Bertz CT molecular complexity index is 394. The fourth-order valence-corrected chi connectivity index (χ4v) is 3.25. The van der Waals surface area contributed by atoms with Gasteiger partial charge in [0.25, 0.3) is 0 Å². The van der Waals surface area contributed by atoms with Gasteiger partial charge in [0.15, 0.2) is 0 Å². The van der Waals surface area contributed by atoms with Gasteiger partial charge < -0.3 is 10.2 Å². The second-order valence-corrected chi connectivity index (χ2v) is 5.31. The van der Waals surface area contributed by atoms with Gasteiger partial charge in [0.1, 0.15) is 0 Å². The van der Waals surface area contributed by atoms with Crippen LogP contribution in [0.3, 0.4) is 0 Å². The van der Waals surface area contributed by atoms with E-state index in [9.17, 15) is 0 Å². The second-order valence-electron chi connectivity index (χ2n) is 5.31. The van der Waals surface area contributed by atoms with E-state index in [0.29, 0.717) is 6.04 Å². The summed E-state index contributed by atoms with van der Waals surface area (Å²) in [4.78, 5) is 2.55. The minimum Gasteiger partial charge on any atom is -0.372 e. The molecular weight excluding hydrogens is 208 g/mol. The van der Waals surface area contributed by atoms with Gasteiger partial charge in [-0.2, -0.15) is 0 Å². The third-order valence-corrected chi connectivity index (χ3v) is 4.27. The maximum Gasteiger partial charge on any atom is 0.0369 e. The van der Waals surface area contributed by atoms with Crippen LogP contribution in [0.5, 0.6) is 0 Å². The molecule has 2 heteroatoms. The van der Waals surface area contributed by atoms with E-state index in [4.69, 9.17) is 0 Å². The van der Waals surface area contributed by atoms with Crippen LogP contribution in [0.4, 0.5) is 5.69 Å². The summed E-state index contributed by atoms with van der Waals surface area (Å²) in [5.41, 5.74) is 4.53. The summed E-state index contributed by atoms with van der Waals surface area (Å²) in [6.07, 6.45) is 6.62. The lowest BCUT2D eigenvalue weighted by molar-refractivity contribution is 0.577. The predicted octanol–water partition coefficient (Wildman–Crippen LogP) is 2.88. The van der Waals surface area contributed by atoms with Crippen LogP contribution in [0.15, 0.2) is 18.2 Å². The number of benzene rings is 1. The lowest BCUT2D eigenvalue weighted by atomic mass is 10.1. The molecule has 3 rings (SSSR count). The van der Waals surface area contributed by atoms with Crippen LogP contribution in [0.1, 0.15) is 42.9 Å². The summed E-state index contributed by atoms with van der Waals surface area (Å²) in [6, 6.07) is 7.67. The van der Waals surface area contributed by atoms with Crippen molar-refractivity contribution in [1.29, 1.82) is 0 Å². The Morgan fingerprint density at radius 1 is 1.18 bits per heavy atom. The molecule has 0 amide bonds. The number of hydrogen-bond donors (Lipinski definition) is 1. The molecule has 1 N–H and O–H groups in total. The average molecular weight is 230 g/mol. The Hall–Kier alpha value is -1.02. The molecule has 1 aliphatic carbocycles. The van der Waals surface area contributed by atoms with Gasteiger partial charge in [0, 0.05) is 24.8 Å². The quantitative estimate of drug-likeness (QED) is 0.840. The van der Waals surface area contributed by atoms with Crippen LogP contribution in [-0.2, 0) is 6.42 Å². The monoisotopic (exact) mass is 230 g/mol. The van der Waals surface area contributed by atoms with Gasteiger partial charge in [0.05, 0.1) is 0 Å². The van der Waals surface area contributed by atoms with Crippen molar-refractivity contribution < 1.29 is 0 Å². The van der Waals surface area contributed by atoms with E-state index in [2.05, 4.69) is 35.5 Å². The van der Waals surface area contributed by atoms with E-state index in [-0.39, 0.29) is 0 Å². The van der Waals surface area contributed by atoms with E-state index in [0.717, 1.165) is 0 Å². The Morgan fingerprint density at radius 3 is 2.76 bits per heavy atom. The minimum absolute atomic E-state index is 0.584. The largest absolute Gasteiger partial charge is 0.372 e. The molecule has 92 valence electrons. The first kappa shape index (κ1) is 11.1. The fourth-order valence-electron chi connectivity index (χ4n) is 3.25. The highest BCUT2D eigenvalue weighted by Crippen LogP contribution is 2.34. The van der Waals surface area contributed by atoms with Crippen LogP contribution < -0.4 is 10.2 Å². The molecule has 0 spiro atoms. The molecule has 1 saturated heterocycles. The third-order valence-electron chi connectivity index (χ3n) is 4.27. The zero-order valence-corrected chi connectivity index (χ0v) is 10.7. The van der Waals surface area contributed by atoms with Crippen molar-refractivity contribution in [3.8, 4) is 0 Å². The zero-order valence-electron chi connectivity index (χ0n) is 10.7. The molecule has 17 heavy (non-hydrogen) atoms. The molecule has 0 bridgehead atoms. The molecule has 0 saturated carbocycles. The van der Waals surface area contributed by atoms with Crippen LogP contribution in [0.25, 0.3) is 0 Å². The zero-order chi connectivity index (χ0) is 11.7. The summed E-state index contributed by atoms with van der Waals surface area (Å²) >= 11 is 0. The Kier molecular flexibility index (Phi) is 3.06. The van der Waals surface area contributed by atoms with Crippen molar-refractivity contribution >= 4 is 5.69 Å². The first-order valence-corrected chi connectivity index (χ1v) is 6.93. The first-order chi connectivity index (χ1) is 8.38. The van der Waals surface area contributed by atoms with Gasteiger partial charge in [-0.05, 0) is 62.4 Å². The number of nitrogens with one attached hydrogen (secondary N) is 1. The van der Waals surface area contributed by atoms with Crippen LogP contribution in [0, 0.1) is 0 Å². The lowest BCUT2D eigenvalue weighted by Crippen LogP contribution is -2.29. The predicted molar refractivity (Wildman–Crippen MR) is 72.6 cm³/mol. The van der Waals surface area contributed by atoms with E-state index in [1.807, 2.05) is 0 Å². The molecule has 1 atom stereocenters. The lowest BCUT2D eigenvalue weighted by Gasteiger charge is -2.29. The number of rotatable bonds is 2. The second kappa shape index (κ2) is 4.69. The highest BCUT2D eigenvalue weighted by molar-refractivity contribution is 5.53. The molecule has 1 unspecified atom stereocenters. The smallest absolute Gasteiger partial charge is 0.0369 e. The van der Waals surface area contributed by atoms with Gasteiger partial charge in [-0.15, -0.1) is 0 Å². The minimum atomic E-state index is 0.584. The third kappa shape index (κ3) is 2.06. The molecule has 1 heterocycles. The van der Waals surface area contributed by atoms with Crippen molar-refractivity contribution in [3.63, 3.8) is 0 Å². The van der Waals surface area contributed by atoms with E-state index in [1.54, 1.807) is 5.56 Å². The summed E-state index contributed by atoms with van der Waals surface area (Å²) < 4.78 is 0. The van der Waals surface area contributed by atoms with Crippen molar-refractivity contribution in [3.05, 3.63) is 29.3 Å². The highest BCUT2D eigenvalue weighted by Gasteiger charge is 2.22. The average Bonchev–Trinajstić information content (AvgIpc) is 2.81. The first-order valence-electron chi connectivity index (χ1n) is 6.93. The molecule has 2 nitrogen and oxygen atoms in total. The van der Waals surface area contributed by atoms with E-state index >= 15 is 0 Å². The SMILES string of the molecule is CNC1CCc2cc(N3CCCCC3)ccc21. The Balaban J connectivity index is 1.84. The number of aryl methyl sites for hydroxylation is 1. The van der Waals surface area contributed by atoms with Crippen molar-refractivity contribution in [1.82, 2.24) is 5.32 Å². The Morgan fingerprint density at radius 2 is 2.00 bits per heavy atom. The highest BCUT2D eigenvalue weighted by atomic mass is 15.1. The maximum absolute atomic E-state index is 3.41. The number of anilines is 1. The van der Waals surface area contributed by atoms with Crippen LogP contribution in [-0.4, -0.2) is 20.1 Å². The standard InChI is InChI=1S/C15H22N2/c1-16-15-8-5-12-11-13(6-7-14(12)15)17-9-3-2-4-10-17/h6-7,11,15-16H,2-5,8-10H2,1H3. The van der Waals surface area contributed by atoms with E-state index in [1.165, 1.54) is 56.4 Å². The van der Waals surface area contributed by atoms with Gasteiger partial charge in [-0.25, -0.2) is 0 Å². The van der Waals surface area contributed by atoms with Crippen molar-refractivity contribution in [2.75, 3.05) is 25.0 Å². The van der Waals surface area contributed by atoms with Gasteiger partial charge in [0.2, 0.25) is 0 Å². The van der Waals surface area contributed by atoms with Crippen molar-refractivity contribution in [2.45, 2.75) is 38.1 Å². The number of hydrogen-bond acceptors (Lipinski definition) is 2. The molecule has 1 aromatic rings. The molecule has 1 aliphatic heterocycles. The summed E-state index contributed by atoms with van der Waals surface area (Å²) in [5.74, 6) is 0. The van der Waals surface area contributed by atoms with Gasteiger partial charge in [-0.1, -0.05) is 6.07 Å². The normalized spacial score (nSPS) is 23.8. The maximum atomic E-state index is 3.41. The fraction of sp³-hybridized carbons (Fsp3) is 0.600. The number of fused-ring (bicyclic) bond motifs is 1. The molecule has 1 aromatic carbocycles. The molecule has 0 aromatic heterocycles.